The predicted molar refractivity (Wildman–Crippen MR) is 80.2 cm³/mol. The molecule has 0 aromatic carbocycles. The van der Waals surface area contributed by atoms with Gasteiger partial charge in [0, 0.05) is 9.75 Å². The van der Waals surface area contributed by atoms with Crippen molar-refractivity contribution in [1.82, 2.24) is 0 Å². The molecule has 0 unspecified atom stereocenters. The fraction of sp³-hybridized carbons (Fsp3) is 0.750. The van der Waals surface area contributed by atoms with E-state index in [0.29, 0.717) is 0 Å². The van der Waals surface area contributed by atoms with Gasteiger partial charge in [0.1, 0.15) is 0 Å². The molecule has 0 bridgehead atoms. The van der Waals surface area contributed by atoms with Crippen LogP contribution in [0, 0.1) is 26.7 Å². The first-order valence-electron chi connectivity index (χ1n) is 7.11. The van der Waals surface area contributed by atoms with Crippen molar-refractivity contribution in [3.63, 3.8) is 0 Å². The molecule has 98 valence electrons. The Bertz CT molecular complexity index is 336. The standard InChI is InChI=1S/C16H28S/c1-6-7-8-9-10-12(2)11-16-13(3)14(4)17-15(16)5/h12H,6-11H2,1-5H3/t12-/m0/s1. The topological polar surface area (TPSA) is 0 Å². The number of hydrogen-bond acceptors (Lipinski definition) is 1. The SMILES string of the molecule is CCCCCC[C@H](C)Cc1c(C)sc(C)c1C. The molecule has 1 heteroatoms. The number of rotatable bonds is 7. The van der Waals surface area contributed by atoms with Crippen LogP contribution in [0.5, 0.6) is 0 Å². The maximum Gasteiger partial charge on any atom is 0.00518 e. The van der Waals surface area contributed by atoms with Crippen molar-refractivity contribution >= 4 is 11.3 Å². The van der Waals surface area contributed by atoms with Gasteiger partial charge in [-0.05, 0) is 44.2 Å². The first-order valence-corrected chi connectivity index (χ1v) is 7.93. The summed E-state index contributed by atoms with van der Waals surface area (Å²) in [5, 5.41) is 0. The lowest BCUT2D eigenvalue weighted by molar-refractivity contribution is 0.486. The van der Waals surface area contributed by atoms with E-state index in [4.69, 9.17) is 0 Å². The van der Waals surface area contributed by atoms with Gasteiger partial charge in [-0.2, -0.15) is 0 Å². The molecule has 0 fully saturated rings. The molecular formula is C16H28S. The average Bonchev–Trinajstić information content (AvgIpc) is 2.52. The largest absolute Gasteiger partial charge is 0.145 e. The molecule has 17 heavy (non-hydrogen) atoms. The van der Waals surface area contributed by atoms with Crippen molar-refractivity contribution in [3.05, 3.63) is 20.9 Å². The van der Waals surface area contributed by atoms with E-state index < -0.39 is 0 Å². The van der Waals surface area contributed by atoms with Crippen LogP contribution in [0.2, 0.25) is 0 Å². The Morgan fingerprint density at radius 2 is 1.71 bits per heavy atom. The van der Waals surface area contributed by atoms with Crippen molar-refractivity contribution in [3.8, 4) is 0 Å². The second-order valence-corrected chi connectivity index (χ2v) is 6.91. The summed E-state index contributed by atoms with van der Waals surface area (Å²) in [5.74, 6) is 0.846. The van der Waals surface area contributed by atoms with Gasteiger partial charge >= 0.3 is 0 Å². The van der Waals surface area contributed by atoms with E-state index in [0.717, 1.165) is 5.92 Å². The third-order valence-corrected chi connectivity index (χ3v) is 4.98. The Morgan fingerprint density at radius 3 is 2.24 bits per heavy atom. The number of thiophene rings is 1. The molecule has 0 aliphatic rings. The molecule has 1 atom stereocenters. The van der Waals surface area contributed by atoms with Crippen LogP contribution in [0.25, 0.3) is 0 Å². The second-order valence-electron chi connectivity index (χ2n) is 5.48. The van der Waals surface area contributed by atoms with Crippen molar-refractivity contribution in [1.29, 1.82) is 0 Å². The molecular weight excluding hydrogens is 224 g/mol. The highest BCUT2D eigenvalue weighted by atomic mass is 32.1. The Balaban J connectivity index is 2.42. The third kappa shape index (κ3) is 4.46. The molecule has 0 spiro atoms. The summed E-state index contributed by atoms with van der Waals surface area (Å²) >= 11 is 1.97. The smallest absolute Gasteiger partial charge is 0.00518 e. The van der Waals surface area contributed by atoms with Gasteiger partial charge in [0.05, 0.1) is 0 Å². The minimum absolute atomic E-state index is 0.846. The summed E-state index contributed by atoms with van der Waals surface area (Å²) in [7, 11) is 0. The van der Waals surface area contributed by atoms with Crippen LogP contribution >= 0.6 is 11.3 Å². The molecule has 0 aliphatic carbocycles. The summed E-state index contributed by atoms with van der Waals surface area (Å²) in [5.41, 5.74) is 3.18. The Morgan fingerprint density at radius 1 is 1.00 bits per heavy atom. The van der Waals surface area contributed by atoms with E-state index >= 15 is 0 Å². The minimum atomic E-state index is 0.846. The van der Waals surface area contributed by atoms with Gasteiger partial charge in [0.15, 0.2) is 0 Å². The first-order chi connectivity index (χ1) is 8.06. The molecule has 1 heterocycles. The molecule has 0 amide bonds. The molecule has 0 saturated heterocycles. The molecule has 0 radical (unpaired) electrons. The zero-order valence-electron chi connectivity index (χ0n) is 12.2. The van der Waals surface area contributed by atoms with Gasteiger partial charge in [-0.3, -0.25) is 0 Å². The van der Waals surface area contributed by atoms with E-state index in [1.165, 1.54) is 43.4 Å². The van der Waals surface area contributed by atoms with Gasteiger partial charge in [0.2, 0.25) is 0 Å². The molecule has 0 aliphatic heterocycles. The third-order valence-electron chi connectivity index (χ3n) is 3.81. The van der Waals surface area contributed by atoms with Gasteiger partial charge in [-0.25, -0.2) is 0 Å². The van der Waals surface area contributed by atoms with Gasteiger partial charge in [0.25, 0.3) is 0 Å². The van der Waals surface area contributed by atoms with Crippen LogP contribution in [-0.4, -0.2) is 0 Å². The van der Waals surface area contributed by atoms with Crippen LogP contribution in [0.15, 0.2) is 0 Å². The van der Waals surface area contributed by atoms with E-state index in [9.17, 15) is 0 Å². The van der Waals surface area contributed by atoms with Crippen LogP contribution < -0.4 is 0 Å². The van der Waals surface area contributed by atoms with Crippen molar-refractivity contribution in [2.24, 2.45) is 5.92 Å². The molecule has 0 nitrogen and oxygen atoms in total. The number of hydrogen-bond donors (Lipinski definition) is 0. The Hall–Kier alpha value is -0.300. The molecule has 1 aromatic rings. The van der Waals surface area contributed by atoms with Crippen molar-refractivity contribution in [2.75, 3.05) is 0 Å². The van der Waals surface area contributed by atoms with E-state index in [-0.39, 0.29) is 0 Å². The fourth-order valence-electron chi connectivity index (χ4n) is 2.51. The van der Waals surface area contributed by atoms with Crippen molar-refractivity contribution < 1.29 is 0 Å². The summed E-state index contributed by atoms with van der Waals surface area (Å²) in [4.78, 5) is 3.05. The van der Waals surface area contributed by atoms with Gasteiger partial charge < -0.3 is 0 Å². The number of unbranched alkanes of at least 4 members (excludes halogenated alkanes) is 3. The fourth-order valence-corrected chi connectivity index (χ4v) is 3.61. The molecule has 1 aromatic heterocycles. The lowest BCUT2D eigenvalue weighted by Crippen LogP contribution is -2.01. The van der Waals surface area contributed by atoms with E-state index in [2.05, 4.69) is 34.6 Å². The van der Waals surface area contributed by atoms with Gasteiger partial charge in [-0.1, -0.05) is 46.0 Å². The maximum absolute atomic E-state index is 2.41. The summed E-state index contributed by atoms with van der Waals surface area (Å²) in [6, 6.07) is 0. The average molecular weight is 252 g/mol. The lowest BCUT2D eigenvalue weighted by atomic mass is 9.93. The normalized spacial score (nSPS) is 13.0. The highest BCUT2D eigenvalue weighted by Crippen LogP contribution is 2.29. The monoisotopic (exact) mass is 252 g/mol. The predicted octanol–water partition coefficient (Wildman–Crippen LogP) is 5.82. The Labute approximate surface area is 111 Å². The summed E-state index contributed by atoms with van der Waals surface area (Å²) in [6.07, 6.45) is 8.26. The highest BCUT2D eigenvalue weighted by molar-refractivity contribution is 7.12. The highest BCUT2D eigenvalue weighted by Gasteiger charge is 2.12. The quantitative estimate of drug-likeness (QED) is 0.536. The van der Waals surface area contributed by atoms with Crippen LogP contribution in [0.4, 0.5) is 0 Å². The number of aryl methyl sites for hydroxylation is 2. The van der Waals surface area contributed by atoms with Crippen LogP contribution in [0.3, 0.4) is 0 Å². The zero-order valence-corrected chi connectivity index (χ0v) is 13.0. The molecule has 1 rings (SSSR count). The molecule has 0 saturated carbocycles. The Kier molecular flexibility index (Phi) is 6.26. The summed E-state index contributed by atoms with van der Waals surface area (Å²) in [6.45, 7) is 11.5. The van der Waals surface area contributed by atoms with Crippen LogP contribution in [0.1, 0.15) is 66.8 Å². The van der Waals surface area contributed by atoms with Crippen molar-refractivity contribution in [2.45, 2.75) is 73.1 Å². The first kappa shape index (κ1) is 14.8. The van der Waals surface area contributed by atoms with E-state index in [1.54, 1.807) is 16.0 Å². The molecule has 0 N–H and O–H groups in total. The second kappa shape index (κ2) is 7.20. The maximum atomic E-state index is 2.41. The summed E-state index contributed by atoms with van der Waals surface area (Å²) < 4.78 is 0. The lowest BCUT2D eigenvalue weighted by Gasteiger charge is -2.12. The minimum Gasteiger partial charge on any atom is -0.145 e. The zero-order chi connectivity index (χ0) is 12.8. The van der Waals surface area contributed by atoms with Crippen LogP contribution in [-0.2, 0) is 6.42 Å². The van der Waals surface area contributed by atoms with E-state index in [1.807, 2.05) is 11.3 Å². The van der Waals surface area contributed by atoms with Gasteiger partial charge in [-0.15, -0.1) is 11.3 Å².